The Labute approximate surface area is 156 Å². The molecule has 3 rings (SSSR count). The van der Waals surface area contributed by atoms with E-state index >= 15 is 0 Å². The van der Waals surface area contributed by atoms with Gasteiger partial charge in [0.2, 0.25) is 0 Å². The van der Waals surface area contributed by atoms with Crippen LogP contribution in [0.15, 0.2) is 60.7 Å². The summed E-state index contributed by atoms with van der Waals surface area (Å²) in [7, 11) is 1.60. The van der Waals surface area contributed by atoms with E-state index in [1.54, 1.807) is 31.4 Å². The zero-order valence-corrected chi connectivity index (χ0v) is 14.8. The van der Waals surface area contributed by atoms with Gasteiger partial charge in [0.15, 0.2) is 11.5 Å². The summed E-state index contributed by atoms with van der Waals surface area (Å²) in [6.07, 6.45) is 0. The van der Waals surface area contributed by atoms with Gasteiger partial charge in [-0.2, -0.15) is 0 Å². The van der Waals surface area contributed by atoms with Crippen molar-refractivity contribution < 1.29 is 9.53 Å². The summed E-state index contributed by atoms with van der Waals surface area (Å²) in [6, 6.07) is 18.0. The first kappa shape index (κ1) is 17.7. The number of halogens is 1. The second kappa shape index (κ2) is 8.31. The van der Waals surface area contributed by atoms with Gasteiger partial charge in [-0.1, -0.05) is 35.9 Å². The molecule has 0 fully saturated rings. The van der Waals surface area contributed by atoms with Crippen molar-refractivity contribution in [1.82, 2.24) is 15.5 Å². The minimum absolute atomic E-state index is 0.240. The largest absolute Gasteiger partial charge is 0.495 e. The number of hydrogen-bond donors (Lipinski definition) is 2. The number of ether oxygens (including phenoxy) is 1. The monoisotopic (exact) mass is 368 g/mol. The Morgan fingerprint density at radius 3 is 2.50 bits per heavy atom. The highest BCUT2D eigenvalue weighted by Crippen LogP contribution is 2.25. The Bertz CT molecular complexity index is 883. The maximum atomic E-state index is 12.2. The van der Waals surface area contributed by atoms with Crippen molar-refractivity contribution in [2.75, 3.05) is 12.4 Å². The molecule has 0 spiro atoms. The van der Waals surface area contributed by atoms with Crippen molar-refractivity contribution in [1.29, 1.82) is 0 Å². The van der Waals surface area contributed by atoms with Gasteiger partial charge in [-0.3, -0.25) is 4.79 Å². The number of methoxy groups -OCH3 is 1. The normalized spacial score (nSPS) is 10.2. The van der Waals surface area contributed by atoms with Gasteiger partial charge in [-0.15, -0.1) is 10.2 Å². The van der Waals surface area contributed by atoms with E-state index < -0.39 is 0 Å². The highest BCUT2D eigenvalue weighted by atomic mass is 35.5. The van der Waals surface area contributed by atoms with Gasteiger partial charge < -0.3 is 15.4 Å². The molecule has 0 bridgehead atoms. The number of rotatable bonds is 6. The first-order valence-corrected chi connectivity index (χ1v) is 8.30. The Morgan fingerprint density at radius 1 is 1.04 bits per heavy atom. The standard InChI is InChI=1S/C19H17ClN4O2/c1-26-17-5-3-2-4-15(17)22-18-11-10-16(23-24-18)19(25)21-12-13-6-8-14(20)9-7-13/h2-11H,12H2,1H3,(H,21,25)(H,22,24). The van der Waals surface area contributed by atoms with Crippen LogP contribution in [0.4, 0.5) is 11.5 Å². The van der Waals surface area contributed by atoms with Crippen LogP contribution in [0.5, 0.6) is 5.75 Å². The molecule has 0 aliphatic rings. The van der Waals surface area contributed by atoms with Crippen molar-refractivity contribution in [3.63, 3.8) is 0 Å². The van der Waals surface area contributed by atoms with Gasteiger partial charge in [-0.25, -0.2) is 0 Å². The first-order chi connectivity index (χ1) is 12.7. The molecule has 1 heterocycles. The third-order valence-electron chi connectivity index (χ3n) is 3.63. The van der Waals surface area contributed by atoms with Crippen LogP contribution in [-0.4, -0.2) is 23.2 Å². The summed E-state index contributed by atoms with van der Waals surface area (Å²) in [5.74, 6) is 0.916. The van der Waals surface area contributed by atoms with Crippen molar-refractivity contribution in [2.45, 2.75) is 6.54 Å². The van der Waals surface area contributed by atoms with E-state index in [-0.39, 0.29) is 11.6 Å². The number of benzene rings is 2. The van der Waals surface area contributed by atoms with Crippen LogP contribution in [0.2, 0.25) is 5.02 Å². The van der Waals surface area contributed by atoms with Crippen LogP contribution in [-0.2, 0) is 6.54 Å². The Morgan fingerprint density at radius 2 is 1.81 bits per heavy atom. The van der Waals surface area contributed by atoms with Crippen LogP contribution < -0.4 is 15.4 Å². The number of hydrogen-bond acceptors (Lipinski definition) is 5. The lowest BCUT2D eigenvalue weighted by Gasteiger charge is -2.10. The molecule has 6 nitrogen and oxygen atoms in total. The van der Waals surface area contributed by atoms with Crippen LogP contribution in [0.25, 0.3) is 0 Å². The molecular formula is C19H17ClN4O2. The average molecular weight is 369 g/mol. The molecule has 0 saturated carbocycles. The number of aromatic nitrogens is 2. The fourth-order valence-corrected chi connectivity index (χ4v) is 2.41. The molecule has 2 aromatic carbocycles. The zero-order chi connectivity index (χ0) is 18.4. The van der Waals surface area contributed by atoms with Gasteiger partial charge in [0, 0.05) is 11.6 Å². The molecule has 0 aliphatic carbocycles. The fraction of sp³-hybridized carbons (Fsp3) is 0.105. The molecule has 0 radical (unpaired) electrons. The van der Waals surface area contributed by atoms with Gasteiger partial charge in [0.05, 0.1) is 12.8 Å². The van der Waals surface area contributed by atoms with Crippen LogP contribution in [0.1, 0.15) is 16.1 Å². The number of amides is 1. The molecule has 3 aromatic rings. The lowest BCUT2D eigenvalue weighted by atomic mass is 10.2. The SMILES string of the molecule is COc1ccccc1Nc1ccc(C(=O)NCc2ccc(Cl)cc2)nn1. The van der Waals surface area contributed by atoms with E-state index in [2.05, 4.69) is 20.8 Å². The molecule has 7 heteroatoms. The number of carbonyl (C=O) groups excluding carboxylic acids is 1. The highest BCUT2D eigenvalue weighted by Gasteiger charge is 2.09. The maximum Gasteiger partial charge on any atom is 0.272 e. The molecule has 1 aromatic heterocycles. The minimum Gasteiger partial charge on any atom is -0.495 e. The highest BCUT2D eigenvalue weighted by molar-refractivity contribution is 6.30. The summed E-state index contributed by atoms with van der Waals surface area (Å²) in [4.78, 5) is 12.2. The quantitative estimate of drug-likeness (QED) is 0.691. The Hall–Kier alpha value is -3.12. The van der Waals surface area contributed by atoms with Crippen LogP contribution in [0, 0.1) is 0 Å². The van der Waals surface area contributed by atoms with Gasteiger partial charge in [0.25, 0.3) is 5.91 Å². The number of carbonyl (C=O) groups is 1. The van der Waals surface area contributed by atoms with Crippen molar-refractivity contribution in [3.8, 4) is 5.75 Å². The second-order valence-electron chi connectivity index (χ2n) is 5.44. The van der Waals surface area contributed by atoms with Crippen molar-refractivity contribution in [3.05, 3.63) is 76.9 Å². The Balaban J connectivity index is 1.61. The first-order valence-electron chi connectivity index (χ1n) is 7.92. The smallest absolute Gasteiger partial charge is 0.272 e. The summed E-state index contributed by atoms with van der Waals surface area (Å²) < 4.78 is 5.28. The third kappa shape index (κ3) is 4.49. The summed E-state index contributed by atoms with van der Waals surface area (Å²) >= 11 is 5.84. The lowest BCUT2D eigenvalue weighted by Crippen LogP contribution is -2.24. The van der Waals surface area contributed by atoms with Crippen molar-refractivity contribution >= 4 is 29.0 Å². The number of nitrogens with zero attached hydrogens (tertiary/aromatic N) is 2. The van der Waals surface area contributed by atoms with Crippen LogP contribution >= 0.6 is 11.6 Å². The van der Waals surface area contributed by atoms with E-state index in [4.69, 9.17) is 16.3 Å². The number of para-hydroxylation sites is 2. The predicted molar refractivity (Wildman–Crippen MR) is 101 cm³/mol. The molecule has 0 saturated heterocycles. The molecule has 1 amide bonds. The van der Waals surface area contributed by atoms with Gasteiger partial charge >= 0.3 is 0 Å². The summed E-state index contributed by atoms with van der Waals surface area (Å²) in [6.45, 7) is 0.388. The predicted octanol–water partition coefficient (Wildman–Crippen LogP) is 3.81. The molecule has 0 unspecified atom stereocenters. The lowest BCUT2D eigenvalue weighted by molar-refractivity contribution is 0.0945. The van der Waals surface area contributed by atoms with E-state index in [1.807, 2.05) is 36.4 Å². The van der Waals surface area contributed by atoms with Crippen molar-refractivity contribution in [2.24, 2.45) is 0 Å². The minimum atomic E-state index is -0.295. The topological polar surface area (TPSA) is 76.1 Å². The van der Waals surface area contributed by atoms with Crippen LogP contribution in [0.3, 0.4) is 0 Å². The molecular weight excluding hydrogens is 352 g/mol. The summed E-state index contributed by atoms with van der Waals surface area (Å²) in [5, 5.41) is 14.6. The molecule has 26 heavy (non-hydrogen) atoms. The Kier molecular flexibility index (Phi) is 5.66. The fourth-order valence-electron chi connectivity index (χ4n) is 2.28. The van der Waals surface area contributed by atoms with Gasteiger partial charge in [-0.05, 0) is 42.0 Å². The maximum absolute atomic E-state index is 12.2. The van der Waals surface area contributed by atoms with E-state index in [0.717, 1.165) is 11.3 Å². The molecule has 0 atom stereocenters. The molecule has 132 valence electrons. The number of nitrogens with one attached hydrogen (secondary N) is 2. The third-order valence-corrected chi connectivity index (χ3v) is 3.89. The molecule has 0 aliphatic heterocycles. The van der Waals surface area contributed by atoms with E-state index in [0.29, 0.717) is 23.1 Å². The number of anilines is 2. The molecule has 2 N–H and O–H groups in total. The summed E-state index contributed by atoms with van der Waals surface area (Å²) in [5.41, 5.74) is 1.96. The van der Waals surface area contributed by atoms with Gasteiger partial charge in [0.1, 0.15) is 5.75 Å². The second-order valence-corrected chi connectivity index (χ2v) is 5.87. The average Bonchev–Trinajstić information content (AvgIpc) is 2.68. The zero-order valence-electron chi connectivity index (χ0n) is 14.1. The van der Waals surface area contributed by atoms with E-state index in [9.17, 15) is 4.79 Å². The van der Waals surface area contributed by atoms with E-state index in [1.165, 1.54) is 0 Å².